The lowest BCUT2D eigenvalue weighted by Crippen LogP contribution is -2.62. The lowest BCUT2D eigenvalue weighted by Gasteiger charge is -2.29. The Labute approximate surface area is 571 Å². The van der Waals surface area contributed by atoms with E-state index < -0.39 is 177 Å². The molecule has 35 heteroatoms. The first-order valence-electron chi connectivity index (χ1n) is 31.4. The van der Waals surface area contributed by atoms with E-state index in [1.54, 1.807) is 60.8 Å². The Balaban J connectivity index is 1.58. The maximum absolute atomic E-state index is 15.2. The van der Waals surface area contributed by atoms with E-state index in [4.69, 9.17) is 5.73 Å². The van der Waals surface area contributed by atoms with Gasteiger partial charge in [0.05, 0.1) is 57.6 Å². The van der Waals surface area contributed by atoms with Crippen LogP contribution >= 0.6 is 21.6 Å². The number of nitrogens with zero attached hydrogens (tertiary/aromatic N) is 3. The third-order valence-corrected chi connectivity index (χ3v) is 17.9. The van der Waals surface area contributed by atoms with Crippen molar-refractivity contribution in [2.45, 2.75) is 113 Å². The van der Waals surface area contributed by atoms with Crippen molar-refractivity contribution in [3.8, 4) is 5.75 Å². The number of fused-ring (bicyclic) bond motifs is 1. The molecule has 1 aliphatic heterocycles. The number of benzene rings is 3. The van der Waals surface area contributed by atoms with Gasteiger partial charge in [-0.3, -0.25) is 72.2 Å². The number of aromatic nitrogens is 1. The second-order valence-electron chi connectivity index (χ2n) is 23.4. The van der Waals surface area contributed by atoms with Gasteiger partial charge in [0.15, 0.2) is 0 Å². The minimum absolute atomic E-state index is 0.0723. The van der Waals surface area contributed by atoms with Crippen LogP contribution in [-0.4, -0.2) is 276 Å². The summed E-state index contributed by atoms with van der Waals surface area (Å²) in [7, 11) is 1.72. The van der Waals surface area contributed by atoms with Crippen LogP contribution in [0.4, 0.5) is 0 Å². The molecule has 3 unspecified atom stereocenters. The standard InChI is InChI=1S/C63H87N13O20S2/c1-36(78)48(33-77)70-62(95)50-35-98-97-34-49(71-58(91)45(24-38-10-4-3-5-11-38)66-51(81)28-75(30-53(84)85)22-20-74(29-52(82)83)21-23-76(31-54(86)87)32-55(88)89)61(94)68-46(25-39-15-17-41(80)18-16-39)59(92)69-47(26-40-27-65-43-13-7-6-12-42(40)43)60(93)67-44(14-8-9-19-64)57(90)73-56(37(2)79)63(96)72-50/h3-7,10-13,15-18,27,36-37,44-50,56,65,77-80H,8-9,14,19-26,28-35,64H2,1-2H3,(H,66,81)(H,67,93)(H,68,94)(H,69,92)(H,70,95)(H,71,91)(H,72,96)(H,73,90)(H,82,83)(H,84,85)(H,86,87)(H,88,89)/t36-,37-,44+,45-,46?,47-,48-,49+,50?,56?/m1/s1. The van der Waals surface area contributed by atoms with Crippen LogP contribution in [0.25, 0.3) is 10.9 Å². The number of hydrogen-bond acceptors (Lipinski definition) is 22. The molecule has 1 aliphatic rings. The number of H-pyrrole nitrogens is 1. The van der Waals surface area contributed by atoms with Crippen LogP contribution in [0.2, 0.25) is 0 Å². The Hall–Kier alpha value is -8.94. The van der Waals surface area contributed by atoms with Crippen molar-refractivity contribution in [2.75, 3.05) is 83.6 Å². The molecule has 536 valence electrons. The number of aliphatic hydroxyl groups excluding tert-OH is 3. The molecular weight excluding hydrogens is 1320 g/mol. The maximum Gasteiger partial charge on any atom is 0.317 e. The van der Waals surface area contributed by atoms with Crippen LogP contribution in [0.5, 0.6) is 5.75 Å². The zero-order valence-corrected chi connectivity index (χ0v) is 55.6. The number of phenolic OH excluding ortho intramolecular Hbond substituents is 1. The topological polar surface area (TPSA) is 514 Å². The highest BCUT2D eigenvalue weighted by molar-refractivity contribution is 8.76. The van der Waals surface area contributed by atoms with Crippen molar-refractivity contribution in [3.05, 3.63) is 102 Å². The molecule has 1 fully saturated rings. The average molecular weight is 1410 g/mol. The number of unbranched alkanes of at least 4 members (excludes halogenated alkanes) is 1. The highest BCUT2D eigenvalue weighted by Crippen LogP contribution is 2.25. The van der Waals surface area contributed by atoms with Crippen LogP contribution in [0.1, 0.15) is 49.8 Å². The molecule has 1 aromatic heterocycles. The largest absolute Gasteiger partial charge is 0.508 e. The normalized spacial score (nSPS) is 19.7. The fourth-order valence-corrected chi connectivity index (χ4v) is 12.6. The third kappa shape index (κ3) is 27.5. The first-order chi connectivity index (χ1) is 46.6. The number of carbonyl (C=O) groups excluding carboxylic acids is 8. The number of nitrogens with one attached hydrogen (secondary N) is 9. The summed E-state index contributed by atoms with van der Waals surface area (Å²) >= 11 is 0. The molecule has 1 saturated heterocycles. The first-order valence-corrected chi connectivity index (χ1v) is 33.9. The molecule has 0 spiro atoms. The van der Waals surface area contributed by atoms with Crippen molar-refractivity contribution in [1.82, 2.24) is 62.2 Å². The number of carboxylic acids is 4. The molecule has 98 heavy (non-hydrogen) atoms. The molecule has 33 nitrogen and oxygen atoms in total. The fourth-order valence-electron chi connectivity index (χ4n) is 10.3. The Kier molecular flexibility index (Phi) is 33.1. The van der Waals surface area contributed by atoms with Crippen LogP contribution < -0.4 is 48.3 Å². The smallest absolute Gasteiger partial charge is 0.317 e. The molecular formula is C63H87N13O20S2. The van der Waals surface area contributed by atoms with Gasteiger partial charge in [-0.25, -0.2) is 0 Å². The van der Waals surface area contributed by atoms with Crippen molar-refractivity contribution in [2.24, 2.45) is 5.73 Å². The van der Waals surface area contributed by atoms with Crippen molar-refractivity contribution in [1.29, 1.82) is 0 Å². The summed E-state index contributed by atoms with van der Waals surface area (Å²) in [5, 5.41) is 102. The number of aliphatic carboxylic acids is 4. The van der Waals surface area contributed by atoms with Crippen LogP contribution in [0, 0.1) is 0 Å². The van der Waals surface area contributed by atoms with Crippen LogP contribution in [0.3, 0.4) is 0 Å². The number of rotatable bonds is 34. The molecule has 0 radical (unpaired) electrons. The third-order valence-electron chi connectivity index (χ3n) is 15.5. The van der Waals surface area contributed by atoms with E-state index in [1.807, 2.05) is 0 Å². The summed E-state index contributed by atoms with van der Waals surface area (Å²) in [6, 6.07) is 8.38. The monoisotopic (exact) mass is 1410 g/mol. The molecule has 8 amide bonds. The number of amides is 8. The highest BCUT2D eigenvalue weighted by Gasteiger charge is 2.37. The zero-order valence-electron chi connectivity index (χ0n) is 54.0. The summed E-state index contributed by atoms with van der Waals surface area (Å²) in [5.74, 6) is -14.3. The van der Waals surface area contributed by atoms with Crippen molar-refractivity contribution in [3.63, 3.8) is 0 Å². The van der Waals surface area contributed by atoms with E-state index in [0.29, 0.717) is 34.0 Å². The fraction of sp³-hybridized carbons (Fsp3) is 0.492. The Morgan fingerprint density at radius 3 is 1.73 bits per heavy atom. The summed E-state index contributed by atoms with van der Waals surface area (Å²) in [5.41, 5.74) is 7.88. The number of aromatic amines is 1. The maximum atomic E-state index is 15.2. The minimum atomic E-state index is -1.79. The lowest BCUT2D eigenvalue weighted by atomic mass is 10.0. The first kappa shape index (κ1) is 79.7. The van der Waals surface area contributed by atoms with Gasteiger partial charge < -0.3 is 94.1 Å². The molecule has 4 aromatic rings. The van der Waals surface area contributed by atoms with Crippen molar-refractivity contribution >= 4 is 104 Å². The number of aromatic hydroxyl groups is 1. The van der Waals surface area contributed by atoms with Crippen LogP contribution in [-0.2, 0) is 76.8 Å². The summed E-state index contributed by atoms with van der Waals surface area (Å²) in [6.45, 7) is -2.60. The molecule has 19 N–H and O–H groups in total. The van der Waals surface area contributed by atoms with Crippen LogP contribution in [0.15, 0.2) is 85.1 Å². The van der Waals surface area contributed by atoms with Gasteiger partial charge in [-0.15, -0.1) is 0 Å². The van der Waals surface area contributed by atoms with Gasteiger partial charge in [0.2, 0.25) is 47.3 Å². The summed E-state index contributed by atoms with van der Waals surface area (Å²) < 4.78 is 0. The number of carbonyl (C=O) groups is 12. The van der Waals surface area contributed by atoms with Gasteiger partial charge in [0, 0.05) is 74.0 Å². The minimum Gasteiger partial charge on any atom is -0.508 e. The number of hydrogen-bond donors (Lipinski definition) is 18. The van der Waals surface area contributed by atoms with E-state index in [1.165, 1.54) is 43.0 Å². The quantitative estimate of drug-likeness (QED) is 0.0158. The zero-order chi connectivity index (χ0) is 72.0. The molecule has 0 bridgehead atoms. The van der Waals surface area contributed by atoms with Gasteiger partial charge in [-0.1, -0.05) is 82.3 Å². The second-order valence-corrected chi connectivity index (χ2v) is 26.0. The second kappa shape index (κ2) is 40.7. The van der Waals surface area contributed by atoms with Gasteiger partial charge in [-0.05, 0) is 74.5 Å². The number of para-hydroxylation sites is 1. The average Bonchev–Trinajstić information content (AvgIpc) is 1.61. The van der Waals surface area contributed by atoms with Crippen molar-refractivity contribution < 1.29 is 98.4 Å². The Morgan fingerprint density at radius 1 is 0.602 bits per heavy atom. The predicted molar refractivity (Wildman–Crippen MR) is 358 cm³/mol. The van der Waals surface area contributed by atoms with Gasteiger partial charge in [0.1, 0.15) is 48.0 Å². The van der Waals surface area contributed by atoms with Gasteiger partial charge in [0.25, 0.3) is 0 Å². The SMILES string of the molecule is C[C@@H](O)C1NC(=O)[C@H](CCCCN)NC(=O)[C@@H](Cc2c[nH]c3ccccc23)NC(=O)C(Cc2ccc(O)cc2)NC(=O)[C@@H](NC(=O)[C@@H](Cc2ccccc2)NC(=O)CN(CCN(CCN(CC(=O)O)CC(=O)O)CC(=O)O)CC(=O)O)CSSCC(C(=O)N[C@H](CO)[C@@H](C)O)NC1=O. The van der Waals surface area contributed by atoms with Gasteiger partial charge in [-0.2, -0.15) is 0 Å². The molecule has 3 aromatic carbocycles. The molecule has 0 saturated carbocycles. The number of aliphatic hydroxyl groups is 3. The van der Waals surface area contributed by atoms with E-state index in [-0.39, 0.29) is 76.3 Å². The summed E-state index contributed by atoms with van der Waals surface area (Å²) in [4.78, 5) is 171. The Morgan fingerprint density at radius 2 is 1.14 bits per heavy atom. The molecule has 5 rings (SSSR count). The number of nitrogens with two attached hydrogens (primary N) is 1. The Bertz CT molecular complexity index is 3330. The van der Waals surface area contributed by atoms with Gasteiger partial charge >= 0.3 is 23.9 Å². The highest BCUT2D eigenvalue weighted by atomic mass is 33.1. The number of carboxylic acid groups (broad SMARTS) is 4. The molecule has 10 atom stereocenters. The van der Waals surface area contributed by atoms with E-state index in [2.05, 4.69) is 47.5 Å². The lowest BCUT2D eigenvalue weighted by molar-refractivity contribution is -0.143. The number of phenols is 1. The van der Waals surface area contributed by atoms with E-state index in [0.717, 1.165) is 31.4 Å². The van der Waals surface area contributed by atoms with E-state index in [9.17, 15) is 88.8 Å². The molecule has 2 heterocycles. The predicted octanol–water partition coefficient (Wildman–Crippen LogP) is -3.70. The van der Waals surface area contributed by atoms with E-state index >= 15 is 9.59 Å². The molecule has 0 aliphatic carbocycles. The summed E-state index contributed by atoms with van der Waals surface area (Å²) in [6.07, 6.45) is -1.58.